The van der Waals surface area contributed by atoms with E-state index < -0.39 is 27.2 Å². The summed E-state index contributed by atoms with van der Waals surface area (Å²) in [6, 6.07) is 24.4. The Kier molecular flexibility index (Phi) is 7.96. The lowest BCUT2D eigenvalue weighted by Gasteiger charge is -2.12. The minimum atomic E-state index is -3.90. The van der Waals surface area contributed by atoms with Crippen LogP contribution in [0.3, 0.4) is 0 Å². The molecule has 2 heterocycles. The average molecular weight is 586 g/mol. The number of carbonyl (C=O) groups excluding carboxylic acids is 1. The highest BCUT2D eigenvalue weighted by Gasteiger charge is 2.22. The fourth-order valence-electron chi connectivity index (χ4n) is 4.35. The van der Waals surface area contributed by atoms with Crippen LogP contribution in [0.15, 0.2) is 123 Å². The van der Waals surface area contributed by atoms with Gasteiger partial charge in [0.15, 0.2) is 0 Å². The Morgan fingerprint density at radius 2 is 1.39 bits per heavy atom. The molecule has 0 amide bonds. The van der Waals surface area contributed by atoms with Gasteiger partial charge in [0, 0.05) is 40.4 Å². The maximum Gasteiger partial charge on any atom is 0.338 e. The van der Waals surface area contributed by atoms with E-state index in [4.69, 9.17) is 0 Å². The van der Waals surface area contributed by atoms with Crippen molar-refractivity contribution in [3.8, 4) is 0 Å². The van der Waals surface area contributed by atoms with Crippen molar-refractivity contribution in [2.75, 3.05) is 0 Å². The van der Waals surface area contributed by atoms with Crippen molar-refractivity contribution in [2.45, 2.75) is 35.9 Å². The highest BCUT2D eigenvalue weighted by atomic mass is 32.2. The summed E-state index contributed by atoms with van der Waals surface area (Å²) in [5.41, 5.74) is 1.13. The van der Waals surface area contributed by atoms with Crippen LogP contribution < -0.4 is 11.2 Å². The predicted molar refractivity (Wildman–Crippen MR) is 159 cm³/mol. The minimum Gasteiger partial charge on any atom is -0.295 e. The number of benzene rings is 3. The molecule has 0 unspecified atom stereocenters. The topological polar surface area (TPSA) is 100 Å². The van der Waals surface area contributed by atoms with E-state index in [1.807, 2.05) is 37.3 Å². The largest absolute Gasteiger partial charge is 0.338 e. The third-order valence-corrected chi connectivity index (χ3v) is 9.30. The second kappa shape index (κ2) is 11.6. The van der Waals surface area contributed by atoms with E-state index >= 15 is 0 Å². The van der Waals surface area contributed by atoms with Crippen LogP contribution in [0, 0.1) is 13.8 Å². The molecule has 0 saturated carbocycles. The molecule has 208 valence electrons. The molecule has 0 bridgehead atoms. The lowest BCUT2D eigenvalue weighted by atomic mass is 10.2. The summed E-state index contributed by atoms with van der Waals surface area (Å²) in [4.78, 5) is 40.7. The smallest absolute Gasteiger partial charge is 0.295 e. The average Bonchev–Trinajstić information content (AvgIpc) is 3.39. The molecule has 0 aliphatic carbocycles. The zero-order valence-electron chi connectivity index (χ0n) is 22.4. The van der Waals surface area contributed by atoms with E-state index in [1.54, 1.807) is 48.7 Å². The minimum absolute atomic E-state index is 0.0386. The molecule has 5 aromatic rings. The van der Waals surface area contributed by atoms with Gasteiger partial charge in [0.1, 0.15) is 0 Å². The van der Waals surface area contributed by atoms with Crippen LogP contribution >= 0.6 is 11.8 Å². The fraction of sp³-hybridized carbons (Fsp3) is 0.129. The number of hydrogen-bond donors (Lipinski definition) is 0. The number of nitrogens with zero attached hydrogens (tertiary/aromatic N) is 3. The monoisotopic (exact) mass is 585 g/mol. The summed E-state index contributed by atoms with van der Waals surface area (Å²) < 4.78 is 30.1. The summed E-state index contributed by atoms with van der Waals surface area (Å²) in [6.07, 6.45) is 4.45. The predicted octanol–water partition coefficient (Wildman–Crippen LogP) is 4.69. The summed E-state index contributed by atoms with van der Waals surface area (Å²) >= 11 is 1.53. The van der Waals surface area contributed by atoms with Gasteiger partial charge in [0.05, 0.1) is 11.4 Å². The van der Waals surface area contributed by atoms with Crippen LogP contribution in [0.5, 0.6) is 0 Å². The summed E-state index contributed by atoms with van der Waals surface area (Å²) in [5.74, 6) is -0.288. The van der Waals surface area contributed by atoms with Gasteiger partial charge in [0.25, 0.3) is 21.5 Å². The molecule has 0 radical (unpaired) electrons. The summed E-state index contributed by atoms with van der Waals surface area (Å²) in [6.45, 7) is 3.38. The van der Waals surface area contributed by atoms with Gasteiger partial charge in [-0.25, -0.2) is 17.2 Å². The second-order valence-electron chi connectivity index (χ2n) is 9.59. The molecular weight excluding hydrogens is 558 g/mol. The van der Waals surface area contributed by atoms with Gasteiger partial charge in [-0.15, -0.1) is 11.8 Å². The quantitative estimate of drug-likeness (QED) is 0.245. The van der Waals surface area contributed by atoms with Crippen LogP contribution in [0.2, 0.25) is 0 Å². The number of hydrogen-bond acceptors (Lipinski definition) is 6. The molecule has 0 fully saturated rings. The maximum atomic E-state index is 13.5. The van der Waals surface area contributed by atoms with Gasteiger partial charge in [-0.05, 0) is 61.4 Å². The van der Waals surface area contributed by atoms with Crippen molar-refractivity contribution in [3.05, 3.63) is 152 Å². The lowest BCUT2D eigenvalue weighted by molar-refractivity contribution is 0.0948. The Morgan fingerprint density at radius 3 is 2.05 bits per heavy atom. The molecule has 0 aliphatic heterocycles. The zero-order valence-corrected chi connectivity index (χ0v) is 24.1. The van der Waals surface area contributed by atoms with Gasteiger partial charge < -0.3 is 0 Å². The van der Waals surface area contributed by atoms with E-state index in [0.717, 1.165) is 14.4 Å². The molecule has 8 nitrogen and oxygen atoms in total. The van der Waals surface area contributed by atoms with E-state index in [1.165, 1.54) is 47.8 Å². The molecule has 41 heavy (non-hydrogen) atoms. The molecular formula is C31H27N3O5S2. The first-order valence-electron chi connectivity index (χ1n) is 12.8. The lowest BCUT2D eigenvalue weighted by Crippen LogP contribution is -2.44. The molecule has 0 N–H and O–H groups in total. The Balaban J connectivity index is 1.57. The summed E-state index contributed by atoms with van der Waals surface area (Å²) in [5, 5.41) is 0. The summed E-state index contributed by atoms with van der Waals surface area (Å²) in [7, 11) is -3.90. The van der Waals surface area contributed by atoms with E-state index in [-0.39, 0.29) is 22.6 Å². The Labute approximate surface area is 241 Å². The third kappa shape index (κ3) is 5.89. The van der Waals surface area contributed by atoms with Crippen molar-refractivity contribution in [1.29, 1.82) is 0 Å². The first-order valence-corrected chi connectivity index (χ1v) is 15.2. The molecule has 0 saturated heterocycles. The SMILES string of the molecule is Cc1ccc(S(=O)(=O)n2cc(CSc3ccccc3)c(Cn3cc(C)c(=O)n(C(=O)c4ccccc4)c3=O)c2)cc1. The second-order valence-corrected chi connectivity index (χ2v) is 12.5. The van der Waals surface area contributed by atoms with Crippen LogP contribution in [-0.4, -0.2) is 27.4 Å². The normalized spacial score (nSPS) is 11.5. The first-order chi connectivity index (χ1) is 19.6. The van der Waals surface area contributed by atoms with Crippen LogP contribution in [-0.2, 0) is 22.3 Å². The van der Waals surface area contributed by atoms with Gasteiger partial charge in [0.2, 0.25) is 0 Å². The third-order valence-electron chi connectivity index (χ3n) is 6.60. The highest BCUT2D eigenvalue weighted by Crippen LogP contribution is 2.27. The zero-order chi connectivity index (χ0) is 29.1. The Morgan fingerprint density at radius 1 is 0.780 bits per heavy atom. The van der Waals surface area contributed by atoms with Crippen molar-refractivity contribution < 1.29 is 13.2 Å². The maximum absolute atomic E-state index is 13.5. The van der Waals surface area contributed by atoms with Crippen LogP contribution in [0.1, 0.15) is 32.6 Å². The van der Waals surface area contributed by atoms with Crippen LogP contribution in [0.4, 0.5) is 0 Å². The van der Waals surface area contributed by atoms with Crippen molar-refractivity contribution >= 4 is 27.7 Å². The number of aryl methyl sites for hydroxylation is 2. The first kappa shape index (κ1) is 28.1. The number of rotatable bonds is 8. The van der Waals surface area contributed by atoms with E-state index in [2.05, 4.69) is 0 Å². The number of aromatic nitrogens is 3. The molecule has 0 aliphatic rings. The Hall–Kier alpha value is -4.41. The standard InChI is InChI=1S/C31H27N3O5S2/c1-22-13-15-28(16-14-22)41(38,39)33-19-25(26(20-33)21-40-27-11-7-4-8-12-27)18-32-17-23(2)29(35)34(31(32)37)30(36)24-9-5-3-6-10-24/h3-17,19-20H,18,21H2,1-2H3. The molecule has 10 heteroatoms. The van der Waals surface area contributed by atoms with Gasteiger partial charge in [-0.2, -0.15) is 4.57 Å². The number of thioether (sulfide) groups is 1. The van der Waals surface area contributed by atoms with Gasteiger partial charge in [-0.3, -0.25) is 14.2 Å². The molecule has 0 spiro atoms. The van der Waals surface area contributed by atoms with Crippen LogP contribution in [0.25, 0.3) is 0 Å². The van der Waals surface area contributed by atoms with Gasteiger partial charge in [-0.1, -0.05) is 54.1 Å². The number of carbonyl (C=O) groups is 1. The molecule has 2 aromatic heterocycles. The van der Waals surface area contributed by atoms with E-state index in [9.17, 15) is 22.8 Å². The van der Waals surface area contributed by atoms with Gasteiger partial charge >= 0.3 is 5.69 Å². The van der Waals surface area contributed by atoms with E-state index in [0.29, 0.717) is 21.4 Å². The highest BCUT2D eigenvalue weighted by molar-refractivity contribution is 7.98. The Bertz CT molecular complexity index is 1940. The molecule has 5 rings (SSSR count). The fourth-order valence-corrected chi connectivity index (χ4v) is 6.54. The molecule has 0 atom stereocenters. The van der Waals surface area contributed by atoms with Crippen molar-refractivity contribution in [3.63, 3.8) is 0 Å². The van der Waals surface area contributed by atoms with Crippen molar-refractivity contribution in [1.82, 2.24) is 13.1 Å². The van der Waals surface area contributed by atoms with Crippen molar-refractivity contribution in [2.24, 2.45) is 0 Å². The molecule has 3 aromatic carbocycles.